The van der Waals surface area contributed by atoms with Crippen LogP contribution in [0.25, 0.3) is 21.9 Å². The molecule has 0 radical (unpaired) electrons. The maximum atomic E-state index is 9.91. The molecule has 2 aromatic heterocycles. The summed E-state index contributed by atoms with van der Waals surface area (Å²) in [6.45, 7) is 6.45. The van der Waals surface area contributed by atoms with E-state index in [2.05, 4.69) is 78.1 Å². The highest BCUT2D eigenvalue weighted by Gasteiger charge is 2.11. The summed E-state index contributed by atoms with van der Waals surface area (Å²) < 4.78 is 4.40. The number of hydrogen-bond acceptors (Lipinski definition) is 1. The van der Waals surface area contributed by atoms with Crippen LogP contribution in [0.5, 0.6) is 0 Å². The summed E-state index contributed by atoms with van der Waals surface area (Å²) in [6, 6.07) is 10.9. The number of fused-ring (bicyclic) bond motifs is 1. The Hall–Kier alpha value is -2.26. The van der Waals surface area contributed by atoms with Gasteiger partial charge < -0.3 is 5.11 Å². The summed E-state index contributed by atoms with van der Waals surface area (Å²) in [5.41, 5.74) is 3.40. The van der Waals surface area contributed by atoms with Gasteiger partial charge in [-0.2, -0.15) is 0 Å². The van der Waals surface area contributed by atoms with Crippen molar-refractivity contribution in [3.8, 4) is 11.1 Å². The highest BCUT2D eigenvalue weighted by Crippen LogP contribution is 2.25. The van der Waals surface area contributed by atoms with E-state index in [-0.39, 0.29) is 6.61 Å². The molecule has 0 aliphatic carbocycles. The van der Waals surface area contributed by atoms with Crippen molar-refractivity contribution in [3.63, 3.8) is 0 Å². The third kappa shape index (κ3) is 4.92. The number of benzene rings is 1. The van der Waals surface area contributed by atoms with Crippen molar-refractivity contribution >= 4 is 10.8 Å². The van der Waals surface area contributed by atoms with E-state index >= 15 is 0 Å². The van der Waals surface area contributed by atoms with Gasteiger partial charge in [0.05, 0.1) is 6.61 Å². The van der Waals surface area contributed by atoms with Crippen LogP contribution in [0.15, 0.2) is 55.1 Å². The van der Waals surface area contributed by atoms with E-state index in [9.17, 15) is 5.11 Å². The molecular formula is C24H32N2O+2. The molecule has 0 atom stereocenters. The number of aliphatic hydroxyl groups excluding tert-OH is 1. The summed E-state index contributed by atoms with van der Waals surface area (Å²) in [5.74, 6) is 0. The lowest BCUT2D eigenvalue weighted by Gasteiger charge is -2.07. The summed E-state index contributed by atoms with van der Waals surface area (Å²) in [5, 5.41) is 12.3. The molecule has 2 heterocycles. The number of pyridine rings is 2. The first-order chi connectivity index (χ1) is 13.2. The molecule has 1 N–H and O–H groups in total. The smallest absolute Gasteiger partial charge is 0.176 e. The number of unbranched alkanes of at least 4 members (excludes halogenated alkanes) is 4. The minimum Gasteiger partial charge on any atom is -0.391 e. The number of nitrogens with zero attached hydrogens (tertiary/aromatic N) is 2. The van der Waals surface area contributed by atoms with Crippen LogP contribution in [0, 0.1) is 0 Å². The molecule has 142 valence electrons. The van der Waals surface area contributed by atoms with E-state index in [1.165, 1.54) is 48.6 Å². The molecule has 0 unspecified atom stereocenters. The van der Waals surface area contributed by atoms with Crippen molar-refractivity contribution < 1.29 is 14.2 Å². The lowest BCUT2D eigenvalue weighted by atomic mass is 10.0. The van der Waals surface area contributed by atoms with Gasteiger partial charge in [0.2, 0.25) is 0 Å². The maximum Gasteiger partial charge on any atom is 0.176 e. The zero-order valence-electron chi connectivity index (χ0n) is 16.7. The lowest BCUT2D eigenvalue weighted by molar-refractivity contribution is -0.696. The monoisotopic (exact) mass is 364 g/mol. The number of rotatable bonds is 9. The first kappa shape index (κ1) is 19.5. The number of aliphatic hydroxyl groups is 1. The largest absolute Gasteiger partial charge is 0.391 e. The van der Waals surface area contributed by atoms with Gasteiger partial charge >= 0.3 is 0 Å². The molecule has 3 rings (SSSR count). The Morgan fingerprint density at radius 1 is 0.815 bits per heavy atom. The highest BCUT2D eigenvalue weighted by atomic mass is 16.3. The van der Waals surface area contributed by atoms with Crippen LogP contribution in [-0.2, 0) is 19.7 Å². The van der Waals surface area contributed by atoms with Crippen LogP contribution in [0.3, 0.4) is 0 Å². The Labute approximate surface area is 162 Å². The van der Waals surface area contributed by atoms with Crippen molar-refractivity contribution in [2.24, 2.45) is 0 Å². The molecule has 0 amide bonds. The molecular weight excluding hydrogens is 332 g/mol. The molecule has 3 nitrogen and oxygen atoms in total. The van der Waals surface area contributed by atoms with Crippen LogP contribution >= 0.6 is 0 Å². The average Bonchev–Trinajstić information content (AvgIpc) is 2.72. The predicted octanol–water partition coefficient (Wildman–Crippen LogP) is 4.56. The zero-order valence-corrected chi connectivity index (χ0v) is 16.7. The summed E-state index contributed by atoms with van der Waals surface area (Å²) >= 11 is 0. The summed E-state index contributed by atoms with van der Waals surface area (Å²) in [4.78, 5) is 0. The Morgan fingerprint density at radius 3 is 2.30 bits per heavy atom. The van der Waals surface area contributed by atoms with Gasteiger partial charge in [-0.3, -0.25) is 0 Å². The highest BCUT2D eigenvalue weighted by molar-refractivity contribution is 5.88. The van der Waals surface area contributed by atoms with E-state index in [0.29, 0.717) is 0 Å². The molecule has 27 heavy (non-hydrogen) atoms. The molecule has 0 bridgehead atoms. The standard InChI is InChI=1S/C24H32N2O/c1-3-5-6-7-8-13-26-17-22-10-9-21(16-24(22)23(18-26)19-27)20-11-14-25(4-2)15-12-20/h9-12,14-18,27H,3-8,13,19H2,1-2H3/q+2. The van der Waals surface area contributed by atoms with Gasteiger partial charge in [0.1, 0.15) is 13.1 Å². The molecule has 0 aliphatic rings. The van der Waals surface area contributed by atoms with Gasteiger partial charge in [0.15, 0.2) is 24.8 Å². The predicted molar refractivity (Wildman–Crippen MR) is 110 cm³/mol. The quantitative estimate of drug-likeness (QED) is 0.437. The first-order valence-corrected chi connectivity index (χ1v) is 10.3. The molecule has 0 saturated heterocycles. The van der Waals surface area contributed by atoms with E-state index in [1.807, 2.05) is 0 Å². The van der Waals surface area contributed by atoms with Gasteiger partial charge in [-0.15, -0.1) is 0 Å². The summed E-state index contributed by atoms with van der Waals surface area (Å²) in [7, 11) is 0. The van der Waals surface area contributed by atoms with Gasteiger partial charge in [-0.1, -0.05) is 32.3 Å². The molecule has 0 saturated carbocycles. The van der Waals surface area contributed by atoms with Crippen LogP contribution in [0.2, 0.25) is 0 Å². The second-order valence-corrected chi connectivity index (χ2v) is 7.31. The molecule has 3 heteroatoms. The Balaban J connectivity index is 1.84. The zero-order chi connectivity index (χ0) is 19.1. The topological polar surface area (TPSA) is 28.0 Å². The van der Waals surface area contributed by atoms with Crippen molar-refractivity contribution in [1.82, 2.24) is 0 Å². The minimum absolute atomic E-state index is 0.0707. The Kier molecular flexibility index (Phi) is 6.94. The minimum atomic E-state index is 0.0707. The second-order valence-electron chi connectivity index (χ2n) is 7.31. The van der Waals surface area contributed by atoms with Crippen molar-refractivity contribution in [2.75, 3.05) is 0 Å². The fraction of sp³-hybridized carbons (Fsp3) is 0.417. The van der Waals surface area contributed by atoms with Crippen LogP contribution in [-0.4, -0.2) is 5.11 Å². The third-order valence-corrected chi connectivity index (χ3v) is 5.31. The Bertz CT molecular complexity index is 871. The normalized spacial score (nSPS) is 11.2. The SMILES string of the molecule is CCCCCCC[n+]1cc(CO)c2cc(-c3cc[n+](CC)cc3)ccc2c1. The van der Waals surface area contributed by atoms with Crippen molar-refractivity contribution in [3.05, 3.63) is 60.7 Å². The third-order valence-electron chi connectivity index (χ3n) is 5.31. The van der Waals surface area contributed by atoms with E-state index < -0.39 is 0 Å². The number of aryl methyl sites for hydroxylation is 2. The molecule has 0 fully saturated rings. The summed E-state index contributed by atoms with van der Waals surface area (Å²) in [6.07, 6.45) is 14.9. The fourth-order valence-electron chi connectivity index (χ4n) is 3.63. The Morgan fingerprint density at radius 2 is 1.59 bits per heavy atom. The van der Waals surface area contributed by atoms with E-state index in [1.54, 1.807) is 0 Å². The number of hydrogen-bond donors (Lipinski definition) is 1. The first-order valence-electron chi connectivity index (χ1n) is 10.3. The molecule has 1 aromatic carbocycles. The average molecular weight is 365 g/mol. The lowest BCUT2D eigenvalue weighted by Crippen LogP contribution is -2.33. The molecule has 0 spiro atoms. The van der Waals surface area contributed by atoms with Gasteiger partial charge in [0, 0.05) is 29.5 Å². The number of aromatic nitrogens is 2. The fourth-order valence-corrected chi connectivity index (χ4v) is 3.63. The maximum absolute atomic E-state index is 9.91. The van der Waals surface area contributed by atoms with Crippen LogP contribution < -0.4 is 9.13 Å². The van der Waals surface area contributed by atoms with Gasteiger partial charge in [-0.25, -0.2) is 9.13 Å². The van der Waals surface area contributed by atoms with Crippen molar-refractivity contribution in [2.45, 2.75) is 65.6 Å². The van der Waals surface area contributed by atoms with Gasteiger partial charge in [-0.05, 0) is 42.0 Å². The van der Waals surface area contributed by atoms with E-state index in [4.69, 9.17) is 0 Å². The molecule has 3 aromatic rings. The van der Waals surface area contributed by atoms with Crippen LogP contribution in [0.1, 0.15) is 51.5 Å². The van der Waals surface area contributed by atoms with Gasteiger partial charge in [0.25, 0.3) is 0 Å². The van der Waals surface area contributed by atoms with E-state index in [0.717, 1.165) is 24.0 Å². The second kappa shape index (κ2) is 9.61. The molecule has 0 aliphatic heterocycles. The van der Waals surface area contributed by atoms with Crippen LogP contribution in [0.4, 0.5) is 0 Å². The van der Waals surface area contributed by atoms with Crippen molar-refractivity contribution in [1.29, 1.82) is 0 Å².